The molecular formula is C25H24O9. The lowest BCUT2D eigenvalue weighted by molar-refractivity contribution is -0.136. The summed E-state index contributed by atoms with van der Waals surface area (Å²) in [5, 5.41) is 51.4. The molecule has 178 valence electrons. The molecule has 9 nitrogen and oxygen atoms in total. The van der Waals surface area contributed by atoms with Crippen LogP contribution in [0.25, 0.3) is 21.7 Å². The molecule has 3 atom stereocenters. The molecule has 34 heavy (non-hydrogen) atoms. The number of aliphatic hydroxyl groups excluding tert-OH is 2. The summed E-state index contributed by atoms with van der Waals surface area (Å²) in [5.74, 6) is -2.28. The number of carbonyl (C=O) groups excluding carboxylic acids is 1. The van der Waals surface area contributed by atoms with Crippen LogP contribution in [0.3, 0.4) is 0 Å². The zero-order chi connectivity index (χ0) is 24.9. The second-order valence-electron chi connectivity index (χ2n) is 8.80. The van der Waals surface area contributed by atoms with Crippen LogP contribution >= 0.6 is 0 Å². The molecule has 0 saturated heterocycles. The molecule has 3 aromatic rings. The van der Waals surface area contributed by atoms with Gasteiger partial charge >= 0.3 is 5.97 Å². The molecule has 0 unspecified atom stereocenters. The molecule has 2 aromatic carbocycles. The van der Waals surface area contributed by atoms with E-state index in [2.05, 4.69) is 0 Å². The summed E-state index contributed by atoms with van der Waals surface area (Å²) < 4.78 is 5.90. The summed E-state index contributed by atoms with van der Waals surface area (Å²) in [4.78, 5) is 37.2. The lowest BCUT2D eigenvalue weighted by atomic mass is 9.84. The van der Waals surface area contributed by atoms with Gasteiger partial charge in [-0.15, -0.1) is 0 Å². The van der Waals surface area contributed by atoms with Gasteiger partial charge in [-0.05, 0) is 55.0 Å². The SMILES string of the molecule is C[C@H](O)C=C[C@@](C)(O)c1cc(=O)c2c(CC(=O)O)cc3cc4c(c(O)c3c2o1)C(=O)CC[C@@H]4O. The van der Waals surface area contributed by atoms with Gasteiger partial charge in [-0.25, -0.2) is 0 Å². The number of aliphatic carboxylic acids is 1. The standard InChI is InChI=1S/C25H24O9/c1-11(26)5-6-25(2,33)18-10-17(29)20-13(9-19(30)31)7-12-8-14-15(27)3-4-16(28)22(14)23(32)21(12)24(20)34-18/h5-8,10-11,15,26-27,32-33H,3-4,9H2,1-2H3,(H,30,31)/t11-,15-,25+/m0/s1. The number of hydrogen-bond acceptors (Lipinski definition) is 8. The third-order valence-corrected chi connectivity index (χ3v) is 6.01. The number of fused-ring (bicyclic) bond motifs is 4. The van der Waals surface area contributed by atoms with Gasteiger partial charge in [0.25, 0.3) is 0 Å². The Labute approximate surface area is 193 Å². The smallest absolute Gasteiger partial charge is 0.307 e. The van der Waals surface area contributed by atoms with Gasteiger partial charge in [0, 0.05) is 12.5 Å². The molecule has 0 radical (unpaired) electrons. The summed E-state index contributed by atoms with van der Waals surface area (Å²) in [6, 6.07) is 3.92. The van der Waals surface area contributed by atoms with Gasteiger partial charge in [0.05, 0.1) is 35.0 Å². The van der Waals surface area contributed by atoms with Crippen molar-refractivity contribution in [1.29, 1.82) is 0 Å². The van der Waals surface area contributed by atoms with E-state index < -0.39 is 41.4 Å². The number of carbonyl (C=O) groups is 2. The first kappa shape index (κ1) is 23.6. The number of carboxylic acid groups (broad SMARTS) is 1. The minimum atomic E-state index is -1.82. The van der Waals surface area contributed by atoms with E-state index in [-0.39, 0.29) is 62.8 Å². The number of phenols is 1. The molecule has 0 aliphatic heterocycles. The number of rotatable bonds is 5. The highest BCUT2D eigenvalue weighted by molar-refractivity contribution is 6.15. The van der Waals surface area contributed by atoms with E-state index in [9.17, 15) is 39.9 Å². The zero-order valence-electron chi connectivity index (χ0n) is 18.5. The Morgan fingerprint density at radius 3 is 2.62 bits per heavy atom. The molecule has 0 amide bonds. The fourth-order valence-corrected chi connectivity index (χ4v) is 4.36. The highest BCUT2D eigenvalue weighted by Crippen LogP contribution is 2.43. The maximum atomic E-state index is 13.1. The molecule has 0 spiro atoms. The van der Waals surface area contributed by atoms with Gasteiger partial charge in [0.1, 0.15) is 22.7 Å². The molecule has 1 heterocycles. The maximum Gasteiger partial charge on any atom is 0.307 e. The average molecular weight is 468 g/mol. The van der Waals surface area contributed by atoms with Gasteiger partial charge in [-0.1, -0.05) is 6.08 Å². The maximum absolute atomic E-state index is 13.1. The van der Waals surface area contributed by atoms with Crippen molar-refractivity contribution in [1.82, 2.24) is 0 Å². The van der Waals surface area contributed by atoms with Crippen molar-refractivity contribution in [3.05, 3.63) is 63.0 Å². The fourth-order valence-electron chi connectivity index (χ4n) is 4.36. The lowest BCUT2D eigenvalue weighted by Gasteiger charge is -2.23. The van der Waals surface area contributed by atoms with Gasteiger partial charge in [0.2, 0.25) is 0 Å². The molecule has 0 fully saturated rings. The van der Waals surface area contributed by atoms with Crippen molar-refractivity contribution in [3.8, 4) is 5.75 Å². The van der Waals surface area contributed by atoms with Gasteiger partial charge in [0.15, 0.2) is 11.2 Å². The van der Waals surface area contributed by atoms with Crippen molar-refractivity contribution < 1.29 is 39.5 Å². The average Bonchev–Trinajstić information content (AvgIpc) is 2.74. The van der Waals surface area contributed by atoms with E-state index in [0.717, 1.165) is 6.07 Å². The third-order valence-electron chi connectivity index (χ3n) is 6.01. The number of carboxylic acids is 1. The summed E-state index contributed by atoms with van der Waals surface area (Å²) in [6.07, 6.45) is 0.360. The second kappa shape index (κ2) is 8.35. The lowest BCUT2D eigenvalue weighted by Crippen LogP contribution is -2.21. The Bertz CT molecular complexity index is 1430. The largest absolute Gasteiger partial charge is 0.506 e. The second-order valence-corrected chi connectivity index (χ2v) is 8.80. The molecule has 0 bridgehead atoms. The minimum Gasteiger partial charge on any atom is -0.506 e. The number of benzene rings is 2. The van der Waals surface area contributed by atoms with Crippen LogP contribution in [0.5, 0.6) is 5.75 Å². The van der Waals surface area contributed by atoms with Crippen molar-refractivity contribution in [2.45, 2.75) is 50.9 Å². The fraction of sp³-hybridized carbons (Fsp3) is 0.320. The zero-order valence-corrected chi connectivity index (χ0v) is 18.5. The Kier molecular flexibility index (Phi) is 5.80. The monoisotopic (exact) mass is 468 g/mol. The predicted molar refractivity (Wildman–Crippen MR) is 122 cm³/mol. The van der Waals surface area contributed by atoms with Crippen LogP contribution in [0, 0.1) is 0 Å². The Morgan fingerprint density at radius 2 is 1.97 bits per heavy atom. The number of aliphatic hydroxyl groups is 3. The molecule has 1 aliphatic carbocycles. The highest BCUT2D eigenvalue weighted by Gasteiger charge is 2.31. The predicted octanol–water partition coefficient (Wildman–Crippen LogP) is 2.43. The Hall–Kier alpha value is -3.53. The molecule has 4 rings (SSSR count). The molecule has 5 N–H and O–H groups in total. The summed E-state index contributed by atoms with van der Waals surface area (Å²) >= 11 is 0. The van der Waals surface area contributed by atoms with Crippen LogP contribution in [-0.2, 0) is 16.8 Å². The highest BCUT2D eigenvalue weighted by atomic mass is 16.4. The van der Waals surface area contributed by atoms with Gasteiger partial charge in [-0.3, -0.25) is 14.4 Å². The molecular weight excluding hydrogens is 444 g/mol. The molecule has 1 aromatic heterocycles. The van der Waals surface area contributed by atoms with Crippen molar-refractivity contribution >= 4 is 33.5 Å². The number of ketones is 1. The van der Waals surface area contributed by atoms with Crippen molar-refractivity contribution in [3.63, 3.8) is 0 Å². The summed E-state index contributed by atoms with van der Waals surface area (Å²) in [7, 11) is 0. The normalized spacial score (nSPS) is 18.9. The molecule has 0 saturated carbocycles. The van der Waals surface area contributed by atoms with Crippen LogP contribution < -0.4 is 5.43 Å². The topological polar surface area (TPSA) is 165 Å². The van der Waals surface area contributed by atoms with Crippen LogP contribution in [-0.4, -0.2) is 43.4 Å². The van der Waals surface area contributed by atoms with Crippen molar-refractivity contribution in [2.24, 2.45) is 0 Å². The Morgan fingerprint density at radius 1 is 1.26 bits per heavy atom. The van der Waals surface area contributed by atoms with E-state index in [1.54, 1.807) is 0 Å². The van der Waals surface area contributed by atoms with E-state index in [0.29, 0.717) is 0 Å². The van der Waals surface area contributed by atoms with Crippen LogP contribution in [0.2, 0.25) is 0 Å². The number of Topliss-reactive ketones (excluding diaryl/α,β-unsaturated/α-hetero) is 1. The number of aromatic hydroxyl groups is 1. The first-order valence-corrected chi connectivity index (χ1v) is 10.7. The number of phenolic OH excluding ortho intramolecular Hbond substituents is 1. The van der Waals surface area contributed by atoms with E-state index in [4.69, 9.17) is 4.42 Å². The summed E-state index contributed by atoms with van der Waals surface area (Å²) in [6.45, 7) is 2.81. The Balaban J connectivity index is 2.15. The van der Waals surface area contributed by atoms with E-state index in [1.807, 2.05) is 0 Å². The van der Waals surface area contributed by atoms with Gasteiger partial charge in [-0.2, -0.15) is 0 Å². The minimum absolute atomic E-state index is 0.000375. The first-order valence-electron chi connectivity index (χ1n) is 10.7. The van der Waals surface area contributed by atoms with Crippen molar-refractivity contribution in [2.75, 3.05) is 0 Å². The molecule has 9 heteroatoms. The van der Waals surface area contributed by atoms with Gasteiger partial charge < -0.3 is 29.9 Å². The number of hydrogen-bond donors (Lipinski definition) is 5. The third kappa shape index (κ3) is 3.98. The van der Waals surface area contributed by atoms with E-state index >= 15 is 0 Å². The van der Waals surface area contributed by atoms with E-state index in [1.165, 1.54) is 38.1 Å². The molecule has 1 aliphatic rings. The van der Waals surface area contributed by atoms with Crippen LogP contribution in [0.4, 0.5) is 0 Å². The quantitative estimate of drug-likeness (QED) is 0.279. The van der Waals surface area contributed by atoms with Crippen LogP contribution in [0.1, 0.15) is 60.0 Å². The van der Waals surface area contributed by atoms with Crippen LogP contribution in [0.15, 0.2) is 39.6 Å². The summed E-state index contributed by atoms with van der Waals surface area (Å²) in [5.41, 5.74) is -2.40. The first-order chi connectivity index (χ1) is 15.9.